The van der Waals surface area contributed by atoms with Crippen molar-refractivity contribution in [2.45, 2.75) is 39.7 Å². The standard InChI is InChI=1S/C15H24N2O/c1-15(2,3)10-11-7-8-16-14-9-12(18-4)5-6-13(14)17-11/h5-6,9,11,16-17H,7-8,10H2,1-4H3. The van der Waals surface area contributed by atoms with Crippen molar-refractivity contribution in [3.63, 3.8) is 0 Å². The van der Waals surface area contributed by atoms with Crippen LogP contribution in [0.25, 0.3) is 0 Å². The molecule has 1 aromatic carbocycles. The summed E-state index contributed by atoms with van der Waals surface area (Å²) in [7, 11) is 1.70. The van der Waals surface area contributed by atoms with Crippen molar-refractivity contribution in [2.75, 3.05) is 24.3 Å². The fourth-order valence-electron chi connectivity index (χ4n) is 2.49. The molecule has 1 heterocycles. The second kappa shape index (κ2) is 5.09. The molecular formula is C15H24N2O. The number of benzene rings is 1. The predicted octanol–water partition coefficient (Wildman–Crippen LogP) is 3.73. The Labute approximate surface area is 110 Å². The van der Waals surface area contributed by atoms with Crippen LogP contribution in [0.5, 0.6) is 5.75 Å². The summed E-state index contributed by atoms with van der Waals surface area (Å²) in [5, 5.41) is 7.12. The third kappa shape index (κ3) is 3.31. The first kappa shape index (κ1) is 13.1. The maximum atomic E-state index is 5.26. The largest absolute Gasteiger partial charge is 0.497 e. The van der Waals surface area contributed by atoms with Gasteiger partial charge < -0.3 is 15.4 Å². The van der Waals surface area contributed by atoms with Gasteiger partial charge in [-0.05, 0) is 30.4 Å². The van der Waals surface area contributed by atoms with Gasteiger partial charge in [-0.3, -0.25) is 0 Å². The third-order valence-electron chi connectivity index (χ3n) is 3.25. The third-order valence-corrected chi connectivity index (χ3v) is 3.25. The summed E-state index contributed by atoms with van der Waals surface area (Å²) in [6.07, 6.45) is 2.33. The Hall–Kier alpha value is -1.38. The van der Waals surface area contributed by atoms with Crippen molar-refractivity contribution in [3.8, 4) is 5.75 Å². The van der Waals surface area contributed by atoms with E-state index in [4.69, 9.17) is 4.74 Å². The molecule has 100 valence electrons. The average Bonchev–Trinajstić information content (AvgIpc) is 2.47. The first-order valence-corrected chi connectivity index (χ1v) is 6.66. The maximum absolute atomic E-state index is 5.26. The molecule has 0 radical (unpaired) electrons. The van der Waals surface area contributed by atoms with Crippen LogP contribution in [0.2, 0.25) is 0 Å². The van der Waals surface area contributed by atoms with Crippen LogP contribution in [-0.2, 0) is 0 Å². The smallest absolute Gasteiger partial charge is 0.121 e. The zero-order chi connectivity index (χ0) is 13.2. The molecule has 0 aromatic heterocycles. The molecule has 0 amide bonds. The molecule has 2 rings (SSSR count). The Balaban J connectivity index is 2.14. The van der Waals surface area contributed by atoms with E-state index in [1.807, 2.05) is 6.07 Å². The van der Waals surface area contributed by atoms with Crippen molar-refractivity contribution < 1.29 is 4.74 Å². The van der Waals surface area contributed by atoms with E-state index in [0.29, 0.717) is 11.5 Å². The average molecular weight is 248 g/mol. The van der Waals surface area contributed by atoms with E-state index in [0.717, 1.165) is 24.4 Å². The molecule has 3 nitrogen and oxygen atoms in total. The molecular weight excluding hydrogens is 224 g/mol. The first-order chi connectivity index (χ1) is 8.48. The van der Waals surface area contributed by atoms with Gasteiger partial charge in [-0.1, -0.05) is 20.8 Å². The minimum atomic E-state index is 0.356. The van der Waals surface area contributed by atoms with Crippen LogP contribution in [0.4, 0.5) is 11.4 Å². The summed E-state index contributed by atoms with van der Waals surface area (Å²) in [6.45, 7) is 7.89. The number of fused-ring (bicyclic) bond motifs is 1. The van der Waals surface area contributed by atoms with Crippen LogP contribution in [-0.4, -0.2) is 19.7 Å². The summed E-state index contributed by atoms with van der Waals surface area (Å²) in [6, 6.07) is 6.70. The molecule has 1 unspecified atom stereocenters. The van der Waals surface area contributed by atoms with Gasteiger partial charge in [-0.25, -0.2) is 0 Å². The van der Waals surface area contributed by atoms with Gasteiger partial charge in [-0.15, -0.1) is 0 Å². The number of hydrogen-bond donors (Lipinski definition) is 2. The number of rotatable bonds is 2. The van der Waals surface area contributed by atoms with E-state index >= 15 is 0 Å². The molecule has 1 aromatic rings. The zero-order valence-corrected chi connectivity index (χ0v) is 11.8. The van der Waals surface area contributed by atoms with E-state index in [1.165, 1.54) is 12.1 Å². The van der Waals surface area contributed by atoms with Crippen LogP contribution < -0.4 is 15.4 Å². The fourth-order valence-corrected chi connectivity index (χ4v) is 2.49. The monoisotopic (exact) mass is 248 g/mol. The summed E-state index contributed by atoms with van der Waals surface area (Å²) in [4.78, 5) is 0. The summed E-state index contributed by atoms with van der Waals surface area (Å²) in [5.41, 5.74) is 2.68. The number of ether oxygens (including phenoxy) is 1. The lowest BCUT2D eigenvalue weighted by Gasteiger charge is -2.26. The molecule has 0 aliphatic carbocycles. The Bertz CT molecular complexity index is 409. The molecule has 0 spiro atoms. The highest BCUT2D eigenvalue weighted by molar-refractivity contribution is 5.71. The summed E-state index contributed by atoms with van der Waals surface area (Å²) >= 11 is 0. The van der Waals surface area contributed by atoms with Crippen LogP contribution in [0.3, 0.4) is 0 Å². The second-order valence-electron chi connectivity index (χ2n) is 6.23. The quantitative estimate of drug-likeness (QED) is 0.836. The van der Waals surface area contributed by atoms with Gasteiger partial charge >= 0.3 is 0 Å². The highest BCUT2D eigenvalue weighted by atomic mass is 16.5. The van der Waals surface area contributed by atoms with Gasteiger partial charge in [0.25, 0.3) is 0 Å². The minimum Gasteiger partial charge on any atom is -0.497 e. The molecule has 3 heteroatoms. The van der Waals surface area contributed by atoms with E-state index in [1.54, 1.807) is 7.11 Å². The first-order valence-electron chi connectivity index (χ1n) is 6.66. The summed E-state index contributed by atoms with van der Waals surface area (Å²) in [5.74, 6) is 0.900. The Kier molecular flexibility index (Phi) is 3.69. The van der Waals surface area contributed by atoms with E-state index < -0.39 is 0 Å². The number of anilines is 2. The number of nitrogens with one attached hydrogen (secondary N) is 2. The van der Waals surface area contributed by atoms with E-state index in [2.05, 4.69) is 43.5 Å². The highest BCUT2D eigenvalue weighted by Crippen LogP contribution is 2.32. The molecule has 18 heavy (non-hydrogen) atoms. The highest BCUT2D eigenvalue weighted by Gasteiger charge is 2.21. The SMILES string of the molecule is COc1ccc2c(c1)NCCC(CC(C)(C)C)N2. The van der Waals surface area contributed by atoms with Gasteiger partial charge in [-0.2, -0.15) is 0 Å². The van der Waals surface area contributed by atoms with E-state index in [-0.39, 0.29) is 0 Å². The minimum absolute atomic E-state index is 0.356. The van der Waals surface area contributed by atoms with Gasteiger partial charge in [0.15, 0.2) is 0 Å². The van der Waals surface area contributed by atoms with Crippen molar-refractivity contribution in [1.29, 1.82) is 0 Å². The van der Waals surface area contributed by atoms with E-state index in [9.17, 15) is 0 Å². The van der Waals surface area contributed by atoms with Gasteiger partial charge in [0.05, 0.1) is 18.5 Å². The van der Waals surface area contributed by atoms with Crippen molar-refractivity contribution in [1.82, 2.24) is 0 Å². The second-order valence-corrected chi connectivity index (χ2v) is 6.23. The Morgan fingerprint density at radius 1 is 1.28 bits per heavy atom. The predicted molar refractivity (Wildman–Crippen MR) is 77.6 cm³/mol. The Morgan fingerprint density at radius 2 is 2.06 bits per heavy atom. The Morgan fingerprint density at radius 3 is 2.72 bits per heavy atom. The summed E-state index contributed by atoms with van der Waals surface area (Å²) < 4.78 is 5.26. The number of hydrogen-bond acceptors (Lipinski definition) is 3. The molecule has 0 bridgehead atoms. The van der Waals surface area contributed by atoms with Gasteiger partial charge in [0.1, 0.15) is 5.75 Å². The van der Waals surface area contributed by atoms with Crippen LogP contribution in [0.1, 0.15) is 33.6 Å². The topological polar surface area (TPSA) is 33.3 Å². The maximum Gasteiger partial charge on any atom is 0.121 e. The van der Waals surface area contributed by atoms with Crippen molar-refractivity contribution >= 4 is 11.4 Å². The van der Waals surface area contributed by atoms with Gasteiger partial charge in [0, 0.05) is 18.7 Å². The van der Waals surface area contributed by atoms with Crippen molar-refractivity contribution in [3.05, 3.63) is 18.2 Å². The lowest BCUT2D eigenvalue weighted by molar-refractivity contribution is 0.345. The molecule has 1 aliphatic rings. The molecule has 0 saturated carbocycles. The van der Waals surface area contributed by atoms with Crippen LogP contribution in [0.15, 0.2) is 18.2 Å². The van der Waals surface area contributed by atoms with Crippen LogP contribution >= 0.6 is 0 Å². The van der Waals surface area contributed by atoms with Crippen molar-refractivity contribution in [2.24, 2.45) is 5.41 Å². The lowest BCUT2D eigenvalue weighted by Crippen LogP contribution is -2.25. The normalized spacial score (nSPS) is 19.2. The lowest BCUT2D eigenvalue weighted by atomic mass is 9.87. The molecule has 0 fully saturated rings. The fraction of sp³-hybridized carbons (Fsp3) is 0.600. The molecule has 1 aliphatic heterocycles. The molecule has 0 saturated heterocycles. The van der Waals surface area contributed by atoms with Gasteiger partial charge in [0.2, 0.25) is 0 Å². The zero-order valence-electron chi connectivity index (χ0n) is 11.8. The molecule has 2 N–H and O–H groups in total. The van der Waals surface area contributed by atoms with Crippen LogP contribution in [0, 0.1) is 5.41 Å². The number of methoxy groups -OCH3 is 1. The molecule has 1 atom stereocenters.